The van der Waals surface area contributed by atoms with Crippen LogP contribution in [0.3, 0.4) is 0 Å². The van der Waals surface area contributed by atoms with E-state index < -0.39 is 0 Å². The van der Waals surface area contributed by atoms with Gasteiger partial charge in [-0.1, -0.05) is 6.07 Å². The van der Waals surface area contributed by atoms with Gasteiger partial charge in [0.25, 0.3) is 5.91 Å². The molecular weight excluding hydrogens is 305 g/mol. The van der Waals surface area contributed by atoms with Gasteiger partial charge in [0, 0.05) is 17.7 Å². The van der Waals surface area contributed by atoms with Crippen LogP contribution < -0.4 is 4.90 Å². The fraction of sp³-hybridized carbons (Fsp3) is 0.312. The number of halogens is 1. The summed E-state index contributed by atoms with van der Waals surface area (Å²) in [6.07, 6.45) is 0. The Morgan fingerprint density at radius 1 is 1.23 bits per heavy atom. The number of methoxy groups -OCH3 is 1. The zero-order valence-electron chi connectivity index (χ0n) is 12.3. The Balaban J connectivity index is 2.07. The number of anilines is 1. The molecule has 1 aromatic heterocycles. The maximum Gasteiger partial charge on any atom is 0.253 e. The van der Waals surface area contributed by atoms with E-state index in [1.54, 1.807) is 35.5 Å². The molecule has 0 unspecified atom stereocenters. The highest BCUT2D eigenvalue weighted by Gasteiger charge is 2.17. The third-order valence-electron chi connectivity index (χ3n) is 2.99. The number of rotatable bonds is 8. The molecule has 1 amide bonds. The molecule has 1 heterocycles. The van der Waals surface area contributed by atoms with Crippen LogP contribution in [0.5, 0.6) is 0 Å². The predicted octanol–water partition coefficient (Wildman–Crippen LogP) is 3.08. The molecule has 0 aliphatic heterocycles. The topological polar surface area (TPSA) is 38.8 Å². The Kier molecular flexibility index (Phi) is 6.51. The number of thiophene rings is 1. The lowest BCUT2D eigenvalue weighted by molar-refractivity contribution is -0.123. The summed E-state index contributed by atoms with van der Waals surface area (Å²) >= 11 is 1.57. The van der Waals surface area contributed by atoms with E-state index in [0.717, 1.165) is 4.88 Å². The van der Waals surface area contributed by atoms with Crippen LogP contribution in [0, 0.1) is 5.82 Å². The van der Waals surface area contributed by atoms with Crippen molar-refractivity contribution in [1.82, 2.24) is 0 Å². The van der Waals surface area contributed by atoms with Crippen molar-refractivity contribution in [2.75, 3.05) is 31.8 Å². The molecule has 0 bridgehead atoms. The van der Waals surface area contributed by atoms with Gasteiger partial charge in [-0.05, 0) is 35.7 Å². The van der Waals surface area contributed by atoms with Gasteiger partial charge in [-0.2, -0.15) is 0 Å². The smallest absolute Gasteiger partial charge is 0.253 e. The average molecular weight is 323 g/mol. The van der Waals surface area contributed by atoms with Gasteiger partial charge in [-0.15, -0.1) is 11.3 Å². The van der Waals surface area contributed by atoms with E-state index >= 15 is 0 Å². The van der Waals surface area contributed by atoms with Crippen molar-refractivity contribution in [3.05, 3.63) is 52.5 Å². The SMILES string of the molecule is COCCOCC(=O)N(Cc1cccs1)c1ccc(F)cc1. The first kappa shape index (κ1) is 16.6. The Hall–Kier alpha value is -1.76. The molecule has 2 rings (SSSR count). The summed E-state index contributed by atoms with van der Waals surface area (Å²) in [5, 5.41) is 1.96. The van der Waals surface area contributed by atoms with E-state index in [1.165, 1.54) is 12.1 Å². The first-order chi connectivity index (χ1) is 10.7. The molecule has 0 radical (unpaired) electrons. The van der Waals surface area contributed by atoms with Crippen LogP contribution in [0.15, 0.2) is 41.8 Å². The van der Waals surface area contributed by atoms with E-state index in [1.807, 2.05) is 17.5 Å². The minimum absolute atomic E-state index is 0.0356. The lowest BCUT2D eigenvalue weighted by atomic mass is 10.2. The van der Waals surface area contributed by atoms with E-state index in [2.05, 4.69) is 0 Å². The second-order valence-electron chi connectivity index (χ2n) is 4.58. The number of amides is 1. The van der Waals surface area contributed by atoms with Gasteiger partial charge in [0.2, 0.25) is 0 Å². The predicted molar refractivity (Wildman–Crippen MR) is 84.6 cm³/mol. The standard InChI is InChI=1S/C16H18FNO3S/c1-20-8-9-21-12-16(19)18(11-15-3-2-10-22-15)14-6-4-13(17)5-7-14/h2-7,10H,8-9,11-12H2,1H3. The van der Waals surface area contributed by atoms with Crippen molar-refractivity contribution in [3.63, 3.8) is 0 Å². The van der Waals surface area contributed by atoms with E-state index in [-0.39, 0.29) is 18.3 Å². The molecule has 0 aliphatic rings. The molecule has 0 spiro atoms. The molecule has 0 atom stereocenters. The quantitative estimate of drug-likeness (QED) is 0.701. The van der Waals surface area contributed by atoms with E-state index in [4.69, 9.17) is 9.47 Å². The highest BCUT2D eigenvalue weighted by atomic mass is 32.1. The molecule has 22 heavy (non-hydrogen) atoms. The second-order valence-corrected chi connectivity index (χ2v) is 5.61. The summed E-state index contributed by atoms with van der Waals surface area (Å²) in [6.45, 7) is 1.20. The van der Waals surface area contributed by atoms with Gasteiger partial charge < -0.3 is 14.4 Å². The molecule has 2 aromatic rings. The average Bonchev–Trinajstić information content (AvgIpc) is 3.03. The van der Waals surface area contributed by atoms with Crippen LogP contribution in [-0.2, 0) is 20.8 Å². The van der Waals surface area contributed by atoms with Crippen molar-refractivity contribution >= 4 is 22.9 Å². The number of carbonyl (C=O) groups is 1. The van der Waals surface area contributed by atoms with Crippen LogP contribution in [0.4, 0.5) is 10.1 Å². The molecule has 0 fully saturated rings. The largest absolute Gasteiger partial charge is 0.382 e. The van der Waals surface area contributed by atoms with Gasteiger partial charge in [-0.25, -0.2) is 4.39 Å². The van der Waals surface area contributed by atoms with Crippen LogP contribution in [-0.4, -0.2) is 32.8 Å². The number of hydrogen-bond acceptors (Lipinski definition) is 4. The highest BCUT2D eigenvalue weighted by molar-refractivity contribution is 7.09. The third-order valence-corrected chi connectivity index (χ3v) is 3.85. The van der Waals surface area contributed by atoms with Gasteiger partial charge >= 0.3 is 0 Å². The number of benzene rings is 1. The minimum atomic E-state index is -0.330. The number of carbonyl (C=O) groups excluding carboxylic acids is 1. The number of hydrogen-bond donors (Lipinski definition) is 0. The minimum Gasteiger partial charge on any atom is -0.382 e. The summed E-state index contributed by atoms with van der Waals surface area (Å²) in [4.78, 5) is 15.0. The van der Waals surface area contributed by atoms with Gasteiger partial charge in [0.05, 0.1) is 19.8 Å². The van der Waals surface area contributed by atoms with Crippen molar-refractivity contribution in [3.8, 4) is 0 Å². The lowest BCUT2D eigenvalue weighted by Crippen LogP contribution is -2.33. The van der Waals surface area contributed by atoms with E-state index in [9.17, 15) is 9.18 Å². The number of ether oxygens (including phenoxy) is 2. The Labute approximate surface area is 133 Å². The molecule has 6 heteroatoms. The zero-order chi connectivity index (χ0) is 15.8. The molecular formula is C16H18FNO3S. The molecule has 0 saturated heterocycles. The monoisotopic (exact) mass is 323 g/mol. The van der Waals surface area contributed by atoms with Crippen LogP contribution in [0.1, 0.15) is 4.88 Å². The molecule has 4 nitrogen and oxygen atoms in total. The van der Waals surface area contributed by atoms with Gasteiger partial charge in [0.1, 0.15) is 12.4 Å². The van der Waals surface area contributed by atoms with Crippen molar-refractivity contribution < 1.29 is 18.7 Å². The summed E-state index contributed by atoms with van der Waals surface area (Å²) < 4.78 is 23.2. The van der Waals surface area contributed by atoms with Crippen molar-refractivity contribution in [2.45, 2.75) is 6.54 Å². The van der Waals surface area contributed by atoms with Crippen LogP contribution in [0.25, 0.3) is 0 Å². The third kappa shape index (κ3) is 4.91. The zero-order valence-corrected chi connectivity index (χ0v) is 13.1. The van der Waals surface area contributed by atoms with Crippen LogP contribution >= 0.6 is 11.3 Å². The second kappa shape index (κ2) is 8.63. The molecule has 0 N–H and O–H groups in total. The van der Waals surface area contributed by atoms with Crippen molar-refractivity contribution in [2.24, 2.45) is 0 Å². The Morgan fingerprint density at radius 3 is 2.64 bits per heavy atom. The molecule has 0 saturated carbocycles. The summed E-state index contributed by atoms with van der Waals surface area (Å²) in [5.41, 5.74) is 0.648. The lowest BCUT2D eigenvalue weighted by Gasteiger charge is -2.22. The summed E-state index contributed by atoms with van der Waals surface area (Å²) in [6, 6.07) is 9.76. The molecule has 1 aromatic carbocycles. The normalized spacial score (nSPS) is 10.6. The maximum absolute atomic E-state index is 13.1. The highest BCUT2D eigenvalue weighted by Crippen LogP contribution is 2.20. The van der Waals surface area contributed by atoms with Crippen LogP contribution in [0.2, 0.25) is 0 Å². The first-order valence-corrected chi connectivity index (χ1v) is 7.73. The van der Waals surface area contributed by atoms with E-state index in [0.29, 0.717) is 25.4 Å². The number of nitrogens with zero attached hydrogens (tertiary/aromatic N) is 1. The molecule has 118 valence electrons. The fourth-order valence-corrected chi connectivity index (χ4v) is 2.58. The maximum atomic E-state index is 13.1. The Bertz CT molecular complexity index is 572. The van der Waals surface area contributed by atoms with Gasteiger partial charge in [-0.3, -0.25) is 4.79 Å². The van der Waals surface area contributed by atoms with Gasteiger partial charge in [0.15, 0.2) is 0 Å². The fourth-order valence-electron chi connectivity index (χ4n) is 1.88. The Morgan fingerprint density at radius 2 is 2.00 bits per heavy atom. The summed E-state index contributed by atoms with van der Waals surface area (Å²) in [5.74, 6) is -0.500. The summed E-state index contributed by atoms with van der Waals surface area (Å²) in [7, 11) is 1.58. The molecule has 0 aliphatic carbocycles. The van der Waals surface area contributed by atoms with Crippen molar-refractivity contribution in [1.29, 1.82) is 0 Å². The first-order valence-electron chi connectivity index (χ1n) is 6.85.